The lowest BCUT2D eigenvalue weighted by atomic mass is 9.93. The van der Waals surface area contributed by atoms with Crippen LogP contribution in [0.25, 0.3) is 20.4 Å². The molecule has 0 aliphatic carbocycles. The van der Waals surface area contributed by atoms with Crippen molar-refractivity contribution in [3.05, 3.63) is 29.3 Å². The van der Waals surface area contributed by atoms with E-state index in [1.54, 1.807) is 17.7 Å². The Morgan fingerprint density at radius 2 is 1.95 bits per heavy atom. The molecule has 1 fully saturated rings. The molecular formula is C17H20N4S. The van der Waals surface area contributed by atoms with Gasteiger partial charge in [-0.1, -0.05) is 0 Å². The maximum atomic E-state index is 4.71. The fraction of sp³-hybridized carbons (Fsp3) is 0.471. The second kappa shape index (κ2) is 5.25. The standard InChI is InChI=1S/C17H20N4S/c1-10-8-11(2)20-17-13(10)15-16(22-17)14(18-9-19-15)12-4-6-21(3)7-5-12/h8-9,12H,4-7H2,1-3H3. The van der Waals surface area contributed by atoms with Crippen molar-refractivity contribution < 1.29 is 0 Å². The molecule has 4 heterocycles. The van der Waals surface area contributed by atoms with Crippen molar-refractivity contribution in [2.45, 2.75) is 32.6 Å². The third-order valence-corrected chi connectivity index (χ3v) is 5.78. The molecule has 4 nitrogen and oxygen atoms in total. The summed E-state index contributed by atoms with van der Waals surface area (Å²) in [6, 6.07) is 2.14. The number of rotatable bonds is 1. The third kappa shape index (κ3) is 2.20. The van der Waals surface area contributed by atoms with Gasteiger partial charge in [0.15, 0.2) is 0 Å². The number of thiophene rings is 1. The first-order chi connectivity index (χ1) is 10.6. The van der Waals surface area contributed by atoms with E-state index >= 15 is 0 Å². The van der Waals surface area contributed by atoms with Crippen molar-refractivity contribution in [2.75, 3.05) is 20.1 Å². The predicted molar refractivity (Wildman–Crippen MR) is 91.7 cm³/mol. The minimum Gasteiger partial charge on any atom is -0.306 e. The monoisotopic (exact) mass is 312 g/mol. The number of hydrogen-bond acceptors (Lipinski definition) is 5. The first-order valence-electron chi connectivity index (χ1n) is 7.83. The van der Waals surface area contributed by atoms with Crippen LogP contribution in [0.15, 0.2) is 12.4 Å². The smallest absolute Gasteiger partial charge is 0.126 e. The SMILES string of the molecule is Cc1cc(C)c2c(n1)sc1c(C3CCN(C)CC3)ncnc12. The quantitative estimate of drug-likeness (QED) is 0.687. The lowest BCUT2D eigenvalue weighted by molar-refractivity contribution is 0.254. The number of hydrogen-bond donors (Lipinski definition) is 0. The molecule has 3 aromatic heterocycles. The second-order valence-corrected chi connectivity index (χ2v) is 7.38. The number of fused-ring (bicyclic) bond motifs is 3. The van der Waals surface area contributed by atoms with Gasteiger partial charge in [-0.05, 0) is 58.5 Å². The minimum atomic E-state index is 0.552. The van der Waals surface area contributed by atoms with Gasteiger partial charge in [0, 0.05) is 17.0 Å². The Bertz CT molecular complexity index is 847. The predicted octanol–water partition coefficient (Wildman–Crippen LogP) is 3.67. The Morgan fingerprint density at radius 3 is 2.73 bits per heavy atom. The van der Waals surface area contributed by atoms with Gasteiger partial charge in [0.05, 0.1) is 15.9 Å². The Morgan fingerprint density at radius 1 is 1.18 bits per heavy atom. The number of likely N-dealkylation sites (tertiary alicyclic amines) is 1. The van der Waals surface area contributed by atoms with Gasteiger partial charge in [-0.15, -0.1) is 11.3 Å². The van der Waals surface area contributed by atoms with Crippen molar-refractivity contribution in [2.24, 2.45) is 0 Å². The Hall–Kier alpha value is -1.59. The first-order valence-corrected chi connectivity index (χ1v) is 8.65. The third-order valence-electron chi connectivity index (χ3n) is 4.68. The molecule has 3 aromatic rings. The summed E-state index contributed by atoms with van der Waals surface area (Å²) in [6.45, 7) is 6.51. The summed E-state index contributed by atoms with van der Waals surface area (Å²) in [4.78, 5) is 17.4. The maximum Gasteiger partial charge on any atom is 0.126 e. The Balaban J connectivity index is 1.91. The fourth-order valence-corrected chi connectivity index (χ4v) is 4.82. The van der Waals surface area contributed by atoms with Gasteiger partial charge >= 0.3 is 0 Å². The van der Waals surface area contributed by atoms with E-state index < -0.39 is 0 Å². The van der Waals surface area contributed by atoms with Crippen LogP contribution >= 0.6 is 11.3 Å². The summed E-state index contributed by atoms with van der Waals surface area (Å²) in [5, 5.41) is 1.21. The highest BCUT2D eigenvalue weighted by atomic mass is 32.1. The summed E-state index contributed by atoms with van der Waals surface area (Å²) < 4.78 is 1.24. The zero-order valence-electron chi connectivity index (χ0n) is 13.3. The number of pyridine rings is 1. The van der Waals surface area contributed by atoms with Gasteiger partial charge in [0.1, 0.15) is 11.2 Å². The van der Waals surface area contributed by atoms with Crippen molar-refractivity contribution in [1.29, 1.82) is 0 Å². The second-order valence-electron chi connectivity index (χ2n) is 6.38. The molecule has 0 spiro atoms. The lowest BCUT2D eigenvalue weighted by Crippen LogP contribution is -2.29. The van der Waals surface area contributed by atoms with E-state index in [2.05, 4.69) is 41.8 Å². The van der Waals surface area contributed by atoms with Gasteiger partial charge in [0.2, 0.25) is 0 Å². The van der Waals surface area contributed by atoms with Crippen molar-refractivity contribution in [1.82, 2.24) is 19.9 Å². The van der Waals surface area contributed by atoms with E-state index in [-0.39, 0.29) is 0 Å². The average molecular weight is 312 g/mol. The van der Waals surface area contributed by atoms with Crippen LogP contribution in [-0.4, -0.2) is 40.0 Å². The molecule has 1 aliphatic rings. The highest BCUT2D eigenvalue weighted by Crippen LogP contribution is 2.39. The number of aromatic nitrogens is 3. The molecule has 0 saturated carbocycles. The molecule has 0 amide bonds. The summed E-state index contributed by atoms with van der Waals surface area (Å²) in [7, 11) is 2.20. The summed E-state index contributed by atoms with van der Waals surface area (Å²) in [5.74, 6) is 0.552. The molecule has 0 bridgehead atoms. The zero-order valence-corrected chi connectivity index (χ0v) is 14.1. The fourth-order valence-electron chi connectivity index (χ4n) is 3.50. The Kier molecular flexibility index (Phi) is 3.35. The molecule has 0 radical (unpaired) electrons. The topological polar surface area (TPSA) is 41.9 Å². The van der Waals surface area contributed by atoms with Crippen LogP contribution in [0.3, 0.4) is 0 Å². The molecule has 114 valence electrons. The van der Waals surface area contributed by atoms with Crippen LogP contribution in [0.4, 0.5) is 0 Å². The van der Waals surface area contributed by atoms with Crippen molar-refractivity contribution >= 4 is 31.8 Å². The van der Waals surface area contributed by atoms with Crippen LogP contribution in [0.1, 0.15) is 35.7 Å². The first kappa shape index (κ1) is 14.0. The van der Waals surface area contributed by atoms with E-state index in [0.29, 0.717) is 5.92 Å². The normalized spacial score (nSPS) is 17.6. The molecular weight excluding hydrogens is 292 g/mol. The van der Waals surface area contributed by atoms with Crippen LogP contribution < -0.4 is 0 Å². The zero-order chi connectivity index (χ0) is 15.3. The Labute approximate surface area is 134 Å². The number of nitrogens with zero attached hydrogens (tertiary/aromatic N) is 4. The van der Waals surface area contributed by atoms with E-state index in [9.17, 15) is 0 Å². The molecule has 5 heteroatoms. The van der Waals surface area contributed by atoms with E-state index in [1.165, 1.54) is 34.2 Å². The molecule has 0 atom stereocenters. The van der Waals surface area contributed by atoms with Gasteiger partial charge < -0.3 is 4.90 Å². The molecule has 1 saturated heterocycles. The minimum absolute atomic E-state index is 0.552. The van der Waals surface area contributed by atoms with Gasteiger partial charge in [-0.25, -0.2) is 15.0 Å². The van der Waals surface area contributed by atoms with E-state index in [0.717, 1.165) is 29.1 Å². The van der Waals surface area contributed by atoms with Crippen molar-refractivity contribution in [3.8, 4) is 0 Å². The van der Waals surface area contributed by atoms with Gasteiger partial charge in [-0.3, -0.25) is 0 Å². The lowest BCUT2D eigenvalue weighted by Gasteiger charge is -2.28. The van der Waals surface area contributed by atoms with Crippen LogP contribution in [0.5, 0.6) is 0 Å². The van der Waals surface area contributed by atoms with Gasteiger partial charge in [0.25, 0.3) is 0 Å². The molecule has 4 rings (SSSR count). The van der Waals surface area contributed by atoms with Gasteiger partial charge in [-0.2, -0.15) is 0 Å². The van der Waals surface area contributed by atoms with Crippen LogP contribution in [-0.2, 0) is 0 Å². The highest BCUT2D eigenvalue weighted by molar-refractivity contribution is 7.25. The number of aryl methyl sites for hydroxylation is 2. The summed E-state index contributed by atoms with van der Waals surface area (Å²) >= 11 is 1.76. The molecule has 0 N–H and O–H groups in total. The average Bonchev–Trinajstić information content (AvgIpc) is 2.86. The maximum absolute atomic E-state index is 4.71. The van der Waals surface area contributed by atoms with E-state index in [1.807, 2.05) is 0 Å². The molecule has 0 aromatic carbocycles. The summed E-state index contributed by atoms with van der Waals surface area (Å²) in [6.07, 6.45) is 4.10. The largest absolute Gasteiger partial charge is 0.306 e. The van der Waals surface area contributed by atoms with E-state index in [4.69, 9.17) is 4.98 Å². The summed E-state index contributed by atoms with van der Waals surface area (Å²) in [5.41, 5.74) is 4.67. The molecule has 0 unspecified atom stereocenters. The van der Waals surface area contributed by atoms with Crippen LogP contribution in [0, 0.1) is 13.8 Å². The van der Waals surface area contributed by atoms with Crippen LogP contribution in [0.2, 0.25) is 0 Å². The number of piperidine rings is 1. The molecule has 1 aliphatic heterocycles. The highest BCUT2D eigenvalue weighted by Gasteiger charge is 2.23. The molecule has 22 heavy (non-hydrogen) atoms. The van der Waals surface area contributed by atoms with Crippen molar-refractivity contribution in [3.63, 3.8) is 0 Å².